The maximum atomic E-state index is 12.1. The molecule has 0 aromatic heterocycles. The van der Waals surface area contributed by atoms with Gasteiger partial charge in [0, 0.05) is 0 Å². The van der Waals surface area contributed by atoms with Gasteiger partial charge in [0.15, 0.2) is 0 Å². The average Bonchev–Trinajstić information content (AvgIpc) is 2.51. The molecule has 0 aromatic carbocycles. The summed E-state index contributed by atoms with van der Waals surface area (Å²) in [5, 5.41) is 22.0. The SMILES string of the molecule is CC1=C[I-]CNC(C(=O)N2C[C@@H](O)[C@@H](O)C2)=C1. The summed E-state index contributed by atoms with van der Waals surface area (Å²) in [7, 11) is 0. The number of hydrogen-bond acceptors (Lipinski definition) is 4. The summed E-state index contributed by atoms with van der Waals surface area (Å²) in [6.45, 7) is 2.39. The van der Waals surface area contributed by atoms with Crippen LogP contribution in [0.2, 0.25) is 0 Å². The zero-order valence-electron chi connectivity index (χ0n) is 9.56. The molecule has 0 radical (unpaired) electrons. The third kappa shape index (κ3) is 2.99. The van der Waals surface area contributed by atoms with E-state index in [0.29, 0.717) is 5.70 Å². The first-order chi connectivity index (χ1) is 8.08. The minimum absolute atomic E-state index is 0.0317. The van der Waals surface area contributed by atoms with Gasteiger partial charge in [0.2, 0.25) is 0 Å². The molecular formula is C11H16IN2O3-. The van der Waals surface area contributed by atoms with E-state index in [1.54, 1.807) is 0 Å². The molecule has 1 saturated heterocycles. The number of aliphatic hydroxyl groups excluding tert-OH is 2. The van der Waals surface area contributed by atoms with Gasteiger partial charge in [0.25, 0.3) is 0 Å². The van der Waals surface area contributed by atoms with Crippen molar-refractivity contribution >= 4 is 5.91 Å². The van der Waals surface area contributed by atoms with Gasteiger partial charge in [-0.25, -0.2) is 0 Å². The zero-order chi connectivity index (χ0) is 12.4. The Morgan fingerprint density at radius 2 is 2.12 bits per heavy atom. The van der Waals surface area contributed by atoms with Gasteiger partial charge in [0.05, 0.1) is 0 Å². The number of halogens is 1. The van der Waals surface area contributed by atoms with Crippen molar-refractivity contribution in [3.05, 3.63) is 21.4 Å². The molecule has 0 unspecified atom stereocenters. The van der Waals surface area contributed by atoms with Gasteiger partial charge in [-0.2, -0.15) is 0 Å². The fourth-order valence-corrected chi connectivity index (χ4v) is 3.55. The minimum atomic E-state index is -0.825. The Morgan fingerprint density at radius 3 is 2.76 bits per heavy atom. The van der Waals surface area contributed by atoms with Crippen molar-refractivity contribution in [2.45, 2.75) is 19.1 Å². The normalized spacial score (nSPS) is 29.7. The van der Waals surface area contributed by atoms with Crippen molar-refractivity contribution in [1.82, 2.24) is 10.2 Å². The number of nitrogens with zero attached hydrogens (tertiary/aromatic N) is 1. The van der Waals surface area contributed by atoms with Crippen LogP contribution in [0.5, 0.6) is 0 Å². The first-order valence-electron chi connectivity index (χ1n) is 5.43. The molecule has 0 aromatic rings. The third-order valence-electron chi connectivity index (χ3n) is 2.73. The van der Waals surface area contributed by atoms with Crippen LogP contribution in [-0.2, 0) is 4.79 Å². The molecule has 2 atom stereocenters. The topological polar surface area (TPSA) is 72.8 Å². The molecule has 0 saturated carbocycles. The van der Waals surface area contributed by atoms with E-state index in [4.69, 9.17) is 0 Å². The number of alkyl halides is 1. The first kappa shape index (κ1) is 12.8. The van der Waals surface area contributed by atoms with Crippen LogP contribution in [0.1, 0.15) is 6.92 Å². The van der Waals surface area contributed by atoms with Gasteiger partial charge in [-0.3, -0.25) is 0 Å². The third-order valence-corrected chi connectivity index (χ3v) is 4.98. The summed E-state index contributed by atoms with van der Waals surface area (Å²) in [6.07, 6.45) is 0.190. The number of aliphatic hydroxyl groups is 2. The predicted molar refractivity (Wildman–Crippen MR) is 58.4 cm³/mol. The summed E-state index contributed by atoms with van der Waals surface area (Å²) < 4.78 is 3.02. The maximum absolute atomic E-state index is 12.1. The zero-order valence-corrected chi connectivity index (χ0v) is 11.7. The van der Waals surface area contributed by atoms with E-state index in [1.807, 2.05) is 13.0 Å². The summed E-state index contributed by atoms with van der Waals surface area (Å²) >= 11 is -0.0317. The molecule has 2 aliphatic heterocycles. The van der Waals surface area contributed by atoms with E-state index in [-0.39, 0.29) is 40.2 Å². The predicted octanol–water partition coefficient (Wildman–Crippen LogP) is -4.01. The van der Waals surface area contributed by atoms with Crippen LogP contribution in [0.15, 0.2) is 21.4 Å². The van der Waals surface area contributed by atoms with Crippen LogP contribution in [0.4, 0.5) is 0 Å². The molecule has 96 valence electrons. The number of nitrogens with one attached hydrogen (secondary N) is 1. The van der Waals surface area contributed by atoms with E-state index in [1.165, 1.54) is 4.90 Å². The number of β-amino-alcohol motifs (C(OH)–C–C–N with tert-alkyl or cyclic N) is 2. The fourth-order valence-electron chi connectivity index (χ4n) is 1.82. The molecule has 5 nitrogen and oxygen atoms in total. The van der Waals surface area contributed by atoms with Crippen LogP contribution in [0.25, 0.3) is 0 Å². The fraction of sp³-hybridized carbons (Fsp3) is 0.545. The number of carbonyl (C=O) groups excluding carboxylic acids is 1. The van der Waals surface area contributed by atoms with E-state index in [0.717, 1.165) is 10.1 Å². The van der Waals surface area contributed by atoms with Gasteiger partial charge in [0.1, 0.15) is 0 Å². The Balaban J connectivity index is 2.08. The molecule has 1 fully saturated rings. The van der Waals surface area contributed by atoms with Crippen molar-refractivity contribution in [2.24, 2.45) is 0 Å². The van der Waals surface area contributed by atoms with Crippen LogP contribution in [-0.4, -0.2) is 50.9 Å². The molecule has 2 rings (SSSR count). The summed E-state index contributed by atoms with van der Waals surface area (Å²) in [4.78, 5) is 13.6. The van der Waals surface area contributed by atoms with Crippen LogP contribution >= 0.6 is 0 Å². The number of likely N-dealkylation sites (tertiary alicyclic amines) is 1. The molecule has 1 amide bonds. The van der Waals surface area contributed by atoms with Crippen LogP contribution in [0.3, 0.4) is 0 Å². The number of carbonyl (C=O) groups is 1. The Hall–Kier alpha value is -0.600. The van der Waals surface area contributed by atoms with Gasteiger partial charge in [-0.1, -0.05) is 0 Å². The van der Waals surface area contributed by atoms with E-state index in [2.05, 4.69) is 9.40 Å². The monoisotopic (exact) mass is 351 g/mol. The second-order valence-electron chi connectivity index (χ2n) is 4.22. The molecule has 2 heterocycles. The van der Waals surface area contributed by atoms with Crippen LogP contribution < -0.4 is 26.5 Å². The molecule has 2 aliphatic rings. The summed E-state index contributed by atoms with van der Waals surface area (Å²) in [6, 6.07) is 0. The number of hydrogen-bond donors (Lipinski definition) is 3. The number of allylic oxidation sites excluding steroid dienone is 2. The van der Waals surface area contributed by atoms with Crippen LogP contribution in [0, 0.1) is 0 Å². The standard InChI is InChI=1S/C11H16IN2O3/c1-7-2-8(13-6-12-3-7)11(17)14-4-9(15)10(16)5-14/h2-3,9-10,13,15-16H,4-6H2,1H3/q-1/t9-,10+. The molecule has 3 N–H and O–H groups in total. The molecule has 6 heteroatoms. The van der Waals surface area contributed by atoms with Gasteiger partial charge >= 0.3 is 111 Å². The molecule has 0 spiro atoms. The van der Waals surface area contributed by atoms with Gasteiger partial charge in [-0.15, -0.1) is 0 Å². The Morgan fingerprint density at radius 1 is 1.47 bits per heavy atom. The summed E-state index contributed by atoms with van der Waals surface area (Å²) in [5.41, 5.74) is 1.67. The van der Waals surface area contributed by atoms with E-state index < -0.39 is 12.2 Å². The molecule has 0 bridgehead atoms. The molecule has 0 aliphatic carbocycles. The Labute approximate surface area is 110 Å². The molecular weight excluding hydrogens is 335 g/mol. The quantitative estimate of drug-likeness (QED) is 0.256. The Bertz CT molecular complexity index is 371. The van der Waals surface area contributed by atoms with Gasteiger partial charge < -0.3 is 0 Å². The number of rotatable bonds is 1. The second-order valence-corrected chi connectivity index (χ2v) is 6.49. The number of amides is 1. The van der Waals surface area contributed by atoms with E-state index in [9.17, 15) is 15.0 Å². The van der Waals surface area contributed by atoms with Crippen molar-refractivity contribution in [2.75, 3.05) is 17.6 Å². The van der Waals surface area contributed by atoms with Crippen molar-refractivity contribution in [3.63, 3.8) is 0 Å². The first-order valence-corrected chi connectivity index (χ1v) is 8.20. The summed E-state index contributed by atoms with van der Waals surface area (Å²) in [5.74, 6) is -0.140. The van der Waals surface area contributed by atoms with Crippen molar-refractivity contribution in [3.8, 4) is 0 Å². The van der Waals surface area contributed by atoms with E-state index >= 15 is 0 Å². The average molecular weight is 351 g/mol. The second kappa shape index (κ2) is 5.36. The Kier molecular flexibility index (Phi) is 4.05. The van der Waals surface area contributed by atoms with Crippen molar-refractivity contribution < 1.29 is 36.2 Å². The molecule has 17 heavy (non-hydrogen) atoms. The van der Waals surface area contributed by atoms with Crippen molar-refractivity contribution in [1.29, 1.82) is 0 Å². The van der Waals surface area contributed by atoms with Gasteiger partial charge in [-0.05, 0) is 0 Å².